The summed E-state index contributed by atoms with van der Waals surface area (Å²) in [6.07, 6.45) is 6.62. The molecule has 0 bridgehead atoms. The fourth-order valence-corrected chi connectivity index (χ4v) is 13.7. The topological polar surface area (TPSA) is 89.5 Å². The van der Waals surface area contributed by atoms with Crippen LogP contribution in [0.25, 0.3) is 11.5 Å². The molecule has 0 amide bonds. The van der Waals surface area contributed by atoms with Gasteiger partial charge in [0.25, 0.3) is 0 Å². The van der Waals surface area contributed by atoms with Crippen molar-refractivity contribution >= 4 is 61.2 Å². The van der Waals surface area contributed by atoms with Gasteiger partial charge >= 0.3 is 95.4 Å². The van der Waals surface area contributed by atoms with Crippen LogP contribution >= 0.6 is 0 Å². The zero-order valence-electron chi connectivity index (χ0n) is 14.2. The summed E-state index contributed by atoms with van der Waals surface area (Å²) in [4.78, 5) is 11.7. The quantitative estimate of drug-likeness (QED) is 0.394. The fourth-order valence-electron chi connectivity index (χ4n) is 1.79. The molecule has 0 atom stereocenters. The molecular weight excluding hydrogens is 544 g/mol. The molecule has 0 unspecified atom stereocenters. The number of nitrogens with one attached hydrogen (secondary N) is 2. The predicted molar refractivity (Wildman–Crippen MR) is 109 cm³/mol. The van der Waals surface area contributed by atoms with Gasteiger partial charge in [0.1, 0.15) is 0 Å². The van der Waals surface area contributed by atoms with E-state index in [1.807, 2.05) is 12.3 Å². The maximum absolute atomic E-state index is 6.88. The molecule has 0 aromatic carbocycles. The SMILES string of the molecule is [NH-]c1ccccn1.[NH-]c1ccccn1.c1ccc([N]2[Sb][CH2]C[CH2][Sb]2)nc1. The molecule has 0 spiro atoms. The number of hydrogen-bond acceptors (Lipinski definition) is 4. The van der Waals surface area contributed by atoms with Gasteiger partial charge in [-0.15, -0.1) is 0 Å². The minimum atomic E-state index is -0.0329. The Hall–Kier alpha value is -1.51. The van der Waals surface area contributed by atoms with Crippen molar-refractivity contribution in [3.05, 3.63) is 84.7 Å². The summed E-state index contributed by atoms with van der Waals surface area (Å²) in [6.45, 7) is 0. The molecule has 2 N–H and O–H groups in total. The molecule has 8 heteroatoms. The second-order valence-electron chi connectivity index (χ2n) is 4.99. The van der Waals surface area contributed by atoms with Crippen molar-refractivity contribution in [2.24, 2.45) is 0 Å². The Balaban J connectivity index is 0.000000150. The van der Waals surface area contributed by atoms with Gasteiger partial charge in [-0.2, -0.15) is 0 Å². The van der Waals surface area contributed by atoms with Crippen molar-refractivity contribution in [3.63, 3.8) is 0 Å². The van der Waals surface area contributed by atoms with Crippen molar-refractivity contribution in [3.8, 4) is 0 Å². The van der Waals surface area contributed by atoms with Crippen molar-refractivity contribution in [1.82, 2.24) is 15.0 Å². The van der Waals surface area contributed by atoms with Crippen LogP contribution in [0.15, 0.2) is 73.2 Å². The summed E-state index contributed by atoms with van der Waals surface area (Å²) in [5.74, 6) is 1.91. The summed E-state index contributed by atoms with van der Waals surface area (Å²) in [6, 6.07) is 16.7. The van der Waals surface area contributed by atoms with Crippen molar-refractivity contribution in [2.45, 2.75) is 15.2 Å². The Morgan fingerprint density at radius 3 is 1.54 bits per heavy atom. The van der Waals surface area contributed by atoms with E-state index in [0.29, 0.717) is 11.6 Å². The van der Waals surface area contributed by atoms with E-state index in [0.717, 1.165) is 0 Å². The molecule has 6 nitrogen and oxygen atoms in total. The van der Waals surface area contributed by atoms with Gasteiger partial charge in [0, 0.05) is 0 Å². The van der Waals surface area contributed by atoms with Crippen molar-refractivity contribution < 1.29 is 0 Å². The molecule has 4 rings (SSSR count). The van der Waals surface area contributed by atoms with Gasteiger partial charge in [-0.3, -0.25) is 0 Å². The first-order valence-corrected chi connectivity index (χ1v) is 14.0. The predicted octanol–water partition coefficient (Wildman–Crippen LogP) is 4.90. The van der Waals surface area contributed by atoms with Crippen LogP contribution in [0.5, 0.6) is 0 Å². The van der Waals surface area contributed by atoms with Crippen LogP contribution in [0, 0.1) is 0 Å². The molecule has 0 saturated carbocycles. The van der Waals surface area contributed by atoms with Crippen LogP contribution in [0.3, 0.4) is 0 Å². The molecule has 4 heterocycles. The second-order valence-corrected chi connectivity index (χ2v) is 14.2. The van der Waals surface area contributed by atoms with Crippen LogP contribution in [0.2, 0.25) is 8.73 Å². The van der Waals surface area contributed by atoms with Crippen LogP contribution in [0.4, 0.5) is 17.5 Å². The standard InChI is InChI=1S/2C5H5N2.C5H4N2.C3H6.2Sb/c3*6-5-3-1-2-4-7-5;1-3-2;;/h2*1-4H,(H-,6,7);1-4H;1-3H2;;/q2*-1;;;;. The molecular formula is C18H20N6Sb2-2. The third kappa shape index (κ3) is 8.73. The first-order valence-electron chi connectivity index (χ1n) is 8.07. The first kappa shape index (κ1) is 20.8. The van der Waals surface area contributed by atoms with Gasteiger partial charge in [0.2, 0.25) is 0 Å². The molecule has 3 aromatic heterocycles. The van der Waals surface area contributed by atoms with Gasteiger partial charge in [0.15, 0.2) is 0 Å². The Morgan fingerprint density at radius 2 is 1.19 bits per heavy atom. The van der Waals surface area contributed by atoms with E-state index in [-0.39, 0.29) is 43.8 Å². The molecule has 1 aliphatic heterocycles. The second kappa shape index (κ2) is 12.8. The van der Waals surface area contributed by atoms with Gasteiger partial charge in [0.05, 0.1) is 0 Å². The summed E-state index contributed by atoms with van der Waals surface area (Å²) in [5, 5.41) is 0. The number of aromatic nitrogens is 3. The third-order valence-electron chi connectivity index (χ3n) is 2.97. The van der Waals surface area contributed by atoms with Crippen LogP contribution in [-0.4, -0.2) is 58.7 Å². The molecule has 2 radical (unpaired) electrons. The Morgan fingerprint density at radius 1 is 0.692 bits per heavy atom. The van der Waals surface area contributed by atoms with E-state index in [1.165, 1.54) is 21.0 Å². The number of hydrogen-bond donors (Lipinski definition) is 0. The van der Waals surface area contributed by atoms with E-state index >= 15 is 0 Å². The molecule has 134 valence electrons. The van der Waals surface area contributed by atoms with E-state index in [2.05, 4.69) is 28.3 Å². The third-order valence-corrected chi connectivity index (χ3v) is 13.5. The van der Waals surface area contributed by atoms with E-state index < -0.39 is 0 Å². The van der Waals surface area contributed by atoms with E-state index in [4.69, 9.17) is 11.5 Å². The number of pyridine rings is 3. The van der Waals surface area contributed by atoms with E-state index in [1.54, 1.807) is 48.8 Å². The maximum atomic E-state index is 6.88. The normalized spacial score (nSPS) is 12.8. The fraction of sp³-hybridized carbons (Fsp3) is 0.167. The summed E-state index contributed by atoms with van der Waals surface area (Å²) in [5.41, 5.74) is 13.8. The molecule has 1 saturated heterocycles. The summed E-state index contributed by atoms with van der Waals surface area (Å²) in [7, 11) is 0. The van der Waals surface area contributed by atoms with Gasteiger partial charge in [-0.25, -0.2) is 0 Å². The van der Waals surface area contributed by atoms with Gasteiger partial charge < -0.3 is 21.4 Å². The molecule has 26 heavy (non-hydrogen) atoms. The number of rotatable bonds is 1. The zero-order chi connectivity index (χ0) is 18.5. The Bertz CT molecular complexity index is 672. The Labute approximate surface area is 176 Å². The zero-order valence-corrected chi connectivity index (χ0v) is 19.3. The van der Waals surface area contributed by atoms with Crippen LogP contribution in [0.1, 0.15) is 6.42 Å². The molecule has 1 aliphatic rings. The van der Waals surface area contributed by atoms with Crippen molar-refractivity contribution in [1.29, 1.82) is 0 Å². The molecule has 0 aliphatic carbocycles. The average Bonchev–Trinajstić information content (AvgIpc) is 2.72. The Kier molecular flexibility index (Phi) is 10.2. The molecule has 3 aromatic rings. The van der Waals surface area contributed by atoms with Crippen LogP contribution < -0.4 is 1.22 Å². The summed E-state index contributed by atoms with van der Waals surface area (Å²) < 4.78 is 5.67. The van der Waals surface area contributed by atoms with E-state index in [9.17, 15) is 0 Å². The van der Waals surface area contributed by atoms with Gasteiger partial charge in [-0.1, -0.05) is 60.4 Å². The monoisotopic (exact) mass is 562 g/mol. The summed E-state index contributed by atoms with van der Waals surface area (Å²) >= 11 is -0.0658. The van der Waals surface area contributed by atoms with Gasteiger partial charge in [-0.05, 0) is 0 Å². The average molecular weight is 564 g/mol. The molecule has 1 fully saturated rings. The number of anilines is 1. The number of nitrogens with zero attached hydrogens (tertiary/aromatic N) is 4. The minimum absolute atomic E-state index is 0.0329. The first-order chi connectivity index (χ1) is 12.8. The van der Waals surface area contributed by atoms with Crippen LogP contribution in [-0.2, 0) is 0 Å². The van der Waals surface area contributed by atoms with Crippen molar-refractivity contribution in [2.75, 3.05) is 1.22 Å².